The van der Waals surface area contributed by atoms with E-state index < -0.39 is 20.8 Å². The summed E-state index contributed by atoms with van der Waals surface area (Å²) in [4.78, 5) is 0. The Morgan fingerprint density at radius 1 is 0.861 bits per heavy atom. The van der Waals surface area contributed by atoms with E-state index in [1.807, 2.05) is 0 Å². The Bertz CT molecular complexity index is 1240. The van der Waals surface area contributed by atoms with Gasteiger partial charge in [-0.2, -0.15) is 23.6 Å². The first-order valence-electron chi connectivity index (χ1n) is 12.4. The molecule has 0 amide bonds. The summed E-state index contributed by atoms with van der Waals surface area (Å²) in [5.41, 5.74) is 5.53. The Labute approximate surface area is 239 Å². The summed E-state index contributed by atoms with van der Waals surface area (Å²) in [7, 11) is 11.0. The Balaban J connectivity index is 0.000000250. The largest absolute Gasteiger partial charge is 0.168 e. The molecule has 0 unspecified atom stereocenters. The summed E-state index contributed by atoms with van der Waals surface area (Å²) >= 11 is -0.826. The zero-order chi connectivity index (χ0) is 26.3. The van der Waals surface area contributed by atoms with E-state index in [9.17, 15) is 0 Å². The molecule has 5 rings (SSSR count). The summed E-state index contributed by atoms with van der Waals surface area (Å²) in [6.45, 7) is 11.0. The van der Waals surface area contributed by atoms with Gasteiger partial charge in [-0.3, -0.25) is 0 Å². The molecule has 0 aliphatic carbocycles. The predicted octanol–water partition coefficient (Wildman–Crippen LogP) is 11.0. The van der Waals surface area contributed by atoms with Crippen LogP contribution in [0.15, 0.2) is 97.1 Å². The fourth-order valence-corrected chi connectivity index (χ4v) is 4.10. The summed E-state index contributed by atoms with van der Waals surface area (Å²) in [5, 5.41) is 5.41. The van der Waals surface area contributed by atoms with E-state index >= 15 is 0 Å². The van der Waals surface area contributed by atoms with Gasteiger partial charge in [-0.25, -0.2) is 0 Å². The molecule has 0 atom stereocenters. The van der Waals surface area contributed by atoms with Crippen molar-refractivity contribution in [3.8, 4) is 11.1 Å². The molecular weight excluding hydrogens is 575 g/mol. The first-order chi connectivity index (χ1) is 17.5. The molecule has 0 fully saturated rings. The molecule has 36 heavy (non-hydrogen) atoms. The van der Waals surface area contributed by atoms with Gasteiger partial charge in [0, 0.05) is 9.52 Å². The fraction of sp³-hybridized carbons (Fsp3) is 0.250. The minimum Gasteiger partial charge on any atom is -0.168 e. The number of fused-ring (bicyclic) bond motifs is 2. The topological polar surface area (TPSA) is 0 Å². The molecule has 0 saturated heterocycles. The fourth-order valence-electron chi connectivity index (χ4n) is 4.10. The van der Waals surface area contributed by atoms with Crippen LogP contribution in [0.1, 0.15) is 44.2 Å². The molecule has 186 valence electrons. The van der Waals surface area contributed by atoms with Crippen LogP contribution in [0, 0.1) is 0 Å². The average Bonchev–Trinajstić information content (AvgIpc) is 3.52. The first kappa shape index (κ1) is 30.8. The molecule has 2 radical (unpaired) electrons. The number of benzene rings is 3. The van der Waals surface area contributed by atoms with Gasteiger partial charge in [0.05, 0.1) is 0 Å². The Morgan fingerprint density at radius 2 is 1.50 bits per heavy atom. The van der Waals surface area contributed by atoms with Crippen molar-refractivity contribution in [2.24, 2.45) is 0 Å². The average molecular weight is 611 g/mol. The monoisotopic (exact) mass is 608 g/mol. The SMILES string of the molecule is CCCc1cc2c(-c3ccc(C(C)C)cc3)cccc2[cH-]1.C[Si]C.[Cl][Zr+2][Cl].c1ccc2[cH-]ccc2c1. The third kappa shape index (κ3) is 9.46. The second-order valence-electron chi connectivity index (χ2n) is 8.92. The molecule has 0 heterocycles. The summed E-state index contributed by atoms with van der Waals surface area (Å²) in [5.74, 6) is 0.588. The number of aryl methyl sites for hydroxylation is 1. The van der Waals surface area contributed by atoms with Gasteiger partial charge in [0.25, 0.3) is 0 Å². The van der Waals surface area contributed by atoms with Crippen molar-refractivity contribution in [3.05, 3.63) is 108 Å². The maximum atomic E-state index is 4.93. The summed E-state index contributed by atoms with van der Waals surface area (Å²) in [6.07, 6.45) is 2.37. The van der Waals surface area contributed by atoms with E-state index in [0.29, 0.717) is 5.92 Å². The molecule has 4 heteroatoms. The van der Waals surface area contributed by atoms with Gasteiger partial charge in [-0.1, -0.05) is 82.2 Å². The molecular formula is C32H36Cl2SiZr. The van der Waals surface area contributed by atoms with Crippen LogP contribution in [0.4, 0.5) is 0 Å². The predicted molar refractivity (Wildman–Crippen MR) is 162 cm³/mol. The maximum Gasteiger partial charge on any atom is -0.0809 e. The molecule has 5 aromatic carbocycles. The maximum absolute atomic E-state index is 4.93. The Kier molecular flexibility index (Phi) is 14.7. The molecule has 0 aliphatic rings. The van der Waals surface area contributed by atoms with Gasteiger partial charge < -0.3 is 0 Å². The van der Waals surface area contributed by atoms with Crippen LogP contribution in [0.25, 0.3) is 32.7 Å². The van der Waals surface area contributed by atoms with E-state index in [0.717, 1.165) is 9.52 Å². The summed E-state index contributed by atoms with van der Waals surface area (Å²) in [6, 6.07) is 35.0. The quantitative estimate of drug-likeness (QED) is 0.140. The standard InChI is InChI=1S/C21H23.C9H7.C2H6Si.2ClH.Zr/c1-4-6-16-13-19-7-5-8-20(21(19)14-16)18-11-9-17(10-12-18)15(2)3;1-2-5-9-7-3-6-8(9)4-1;1-3-2;;;/h5,7-15H,4,6H2,1-3H3;1-7H;1-2H3;2*1H;/q2*-1;;;;+4/p-2. The number of halogens is 2. The molecule has 0 N–H and O–H groups in total. The van der Waals surface area contributed by atoms with E-state index in [2.05, 4.69) is 131 Å². The summed E-state index contributed by atoms with van der Waals surface area (Å²) < 4.78 is 0. The smallest absolute Gasteiger partial charge is 0.0809 e. The number of hydrogen-bond donors (Lipinski definition) is 0. The minimum atomic E-state index is -0.826. The van der Waals surface area contributed by atoms with Crippen molar-refractivity contribution >= 4 is 48.1 Å². The first-order valence-corrected chi connectivity index (χ1v) is 20.8. The molecule has 0 nitrogen and oxygen atoms in total. The third-order valence-corrected chi connectivity index (χ3v) is 5.79. The van der Waals surface area contributed by atoms with Crippen molar-refractivity contribution in [1.82, 2.24) is 0 Å². The van der Waals surface area contributed by atoms with Gasteiger partial charge in [-0.15, -0.1) is 64.2 Å². The van der Waals surface area contributed by atoms with Crippen molar-refractivity contribution in [2.75, 3.05) is 0 Å². The van der Waals surface area contributed by atoms with Gasteiger partial charge in [0.15, 0.2) is 0 Å². The second-order valence-corrected chi connectivity index (χ2v) is 13.7. The number of rotatable bonds is 4. The van der Waals surface area contributed by atoms with Crippen molar-refractivity contribution in [2.45, 2.75) is 52.6 Å². The van der Waals surface area contributed by atoms with E-state index in [-0.39, 0.29) is 0 Å². The zero-order valence-corrected chi connectivity index (χ0v) is 27.0. The van der Waals surface area contributed by atoms with E-state index in [1.165, 1.54) is 56.6 Å². The van der Waals surface area contributed by atoms with Crippen LogP contribution in [0.2, 0.25) is 13.1 Å². The minimum absolute atomic E-state index is 0.588. The number of hydrogen-bond acceptors (Lipinski definition) is 0. The van der Waals surface area contributed by atoms with Crippen LogP contribution in [0.5, 0.6) is 0 Å². The van der Waals surface area contributed by atoms with E-state index in [1.54, 1.807) is 0 Å². The van der Waals surface area contributed by atoms with Gasteiger partial charge in [0.2, 0.25) is 0 Å². The van der Waals surface area contributed by atoms with Crippen molar-refractivity contribution < 1.29 is 20.8 Å². The van der Waals surface area contributed by atoms with Crippen LogP contribution in [0.3, 0.4) is 0 Å². The molecule has 0 aliphatic heterocycles. The molecule has 0 bridgehead atoms. The van der Waals surface area contributed by atoms with Crippen LogP contribution in [-0.2, 0) is 27.3 Å². The van der Waals surface area contributed by atoms with Gasteiger partial charge in [0.1, 0.15) is 0 Å². The van der Waals surface area contributed by atoms with Crippen LogP contribution in [-0.4, -0.2) is 9.52 Å². The Hall–Kier alpha value is -1.44. The molecule has 0 saturated carbocycles. The van der Waals surface area contributed by atoms with E-state index in [4.69, 9.17) is 17.0 Å². The van der Waals surface area contributed by atoms with Crippen LogP contribution >= 0.6 is 17.0 Å². The second kappa shape index (κ2) is 17.1. The van der Waals surface area contributed by atoms with Crippen LogP contribution < -0.4 is 0 Å². The Morgan fingerprint density at radius 3 is 2.11 bits per heavy atom. The molecule has 5 aromatic rings. The van der Waals surface area contributed by atoms with Gasteiger partial charge >= 0.3 is 37.9 Å². The van der Waals surface area contributed by atoms with Gasteiger partial charge in [-0.05, 0) is 23.5 Å². The normalized spacial score (nSPS) is 10.0. The van der Waals surface area contributed by atoms with Crippen molar-refractivity contribution in [1.29, 1.82) is 0 Å². The molecule has 0 aromatic heterocycles. The van der Waals surface area contributed by atoms with Crippen molar-refractivity contribution in [3.63, 3.8) is 0 Å². The third-order valence-electron chi connectivity index (χ3n) is 5.79. The zero-order valence-electron chi connectivity index (χ0n) is 22.0. The molecule has 0 spiro atoms.